The molecule has 0 spiro atoms. The van der Waals surface area contributed by atoms with Crippen LogP contribution in [-0.2, 0) is 4.79 Å². The number of nitrogen functional groups attached to an aromatic ring is 1. The molecule has 1 atom stereocenters. The zero-order valence-corrected chi connectivity index (χ0v) is 30.2. The fraction of sp³-hybridized carbons (Fsp3) is 0.0526. The number of nitrogens with two attached hydrogens (primary N) is 1. The quantitative estimate of drug-likeness (QED) is 0.0696. The lowest BCUT2D eigenvalue weighted by Crippen LogP contribution is -1.97. The monoisotopic (exact) mass is 807 g/mol. The minimum atomic E-state index is -0.604. The van der Waals surface area contributed by atoms with E-state index in [1.807, 2.05) is 60.7 Å². The van der Waals surface area contributed by atoms with Crippen LogP contribution in [0.15, 0.2) is 128 Å². The summed E-state index contributed by atoms with van der Waals surface area (Å²) in [5.41, 5.74) is 8.39. The summed E-state index contributed by atoms with van der Waals surface area (Å²) in [7, 11) is 0. The topological polar surface area (TPSA) is 209 Å². The fourth-order valence-electron chi connectivity index (χ4n) is 4.73. The van der Waals surface area contributed by atoms with Crippen LogP contribution in [0.4, 0.5) is 26.1 Å². The average Bonchev–Trinajstić information content (AvgIpc) is 3.63. The molecule has 0 aliphatic heterocycles. The molecule has 0 saturated heterocycles. The zero-order valence-electron chi connectivity index (χ0n) is 28.6. The molecule has 14 nitrogen and oxygen atoms in total. The number of fused-ring (bicyclic) bond motifs is 1. The van der Waals surface area contributed by atoms with E-state index in [2.05, 4.69) is 35.9 Å². The van der Waals surface area contributed by atoms with Gasteiger partial charge in [-0.05, 0) is 29.8 Å². The normalized spacial score (nSPS) is 10.5. The number of carbonyl (C=O) groups is 1. The molecule has 7 rings (SSSR count). The molecule has 1 unspecified atom stereocenters. The van der Waals surface area contributed by atoms with Gasteiger partial charge < -0.3 is 10.5 Å². The molecular weight excluding hydrogens is 780 g/mol. The summed E-state index contributed by atoms with van der Waals surface area (Å²) in [5.74, 6) is -0.804. The molecule has 3 heterocycles. The van der Waals surface area contributed by atoms with Gasteiger partial charge >= 0.3 is 0 Å². The number of nitrogens with zero attached hydrogens (tertiary/aromatic N) is 8. The van der Waals surface area contributed by atoms with Crippen LogP contribution >= 0.6 is 15.9 Å². The van der Waals surface area contributed by atoms with Crippen molar-refractivity contribution < 1.29 is 23.4 Å². The first kappa shape index (κ1) is 40.5. The second kappa shape index (κ2) is 19.5. The van der Waals surface area contributed by atoms with Crippen molar-refractivity contribution in [2.45, 2.75) is 11.8 Å². The number of nitriles is 1. The lowest BCUT2D eigenvalue weighted by atomic mass is 10.1. The highest BCUT2D eigenvalue weighted by atomic mass is 79.9. The van der Waals surface area contributed by atoms with Crippen molar-refractivity contribution in [3.63, 3.8) is 0 Å². The lowest BCUT2D eigenvalue weighted by Gasteiger charge is -2.05. The molecule has 7 aromatic rings. The van der Waals surface area contributed by atoms with Crippen molar-refractivity contribution in [3.8, 4) is 39.8 Å². The van der Waals surface area contributed by atoms with Gasteiger partial charge in [0.25, 0.3) is 11.4 Å². The molecule has 0 amide bonds. The summed E-state index contributed by atoms with van der Waals surface area (Å²) in [6.45, 7) is 1.43. The van der Waals surface area contributed by atoms with E-state index in [0.717, 1.165) is 53.4 Å². The summed E-state index contributed by atoms with van der Waals surface area (Å²) < 4.78 is 29.4. The Balaban J connectivity index is 0.000000193. The number of benzene rings is 4. The van der Waals surface area contributed by atoms with Gasteiger partial charge in [0.15, 0.2) is 0 Å². The van der Waals surface area contributed by atoms with Crippen molar-refractivity contribution in [3.05, 3.63) is 165 Å². The largest absolute Gasteiger partial charge is 0.368 e. The maximum absolute atomic E-state index is 14.1. The number of alkyl halides is 1. The molecule has 276 valence electrons. The van der Waals surface area contributed by atoms with Gasteiger partial charge in [0.05, 0.1) is 44.0 Å². The summed E-state index contributed by atoms with van der Waals surface area (Å²) >= 11 is 3.22. The first-order chi connectivity index (χ1) is 26.5. The number of aldehydes is 1. The fourth-order valence-corrected chi connectivity index (χ4v) is 5.03. The highest BCUT2D eigenvalue weighted by Gasteiger charge is 2.16. The molecule has 0 saturated carbocycles. The van der Waals surface area contributed by atoms with Gasteiger partial charge in [-0.2, -0.15) is 5.26 Å². The number of imidazole rings is 1. The number of aromatic nitrogens is 5. The van der Waals surface area contributed by atoms with E-state index in [9.17, 15) is 33.8 Å². The SMILES string of the molecule is CC#N.Nc1nccc(-c2cc([N+](=O)[O-])ccc2F)n1.O=CC(Br)c1ccccc1.O=[N+]([O-])c1ccc(F)c(-c2ccn3c(-c4ccccc4)cnc3n2)c1. The smallest absolute Gasteiger partial charge is 0.270 e. The molecule has 3 aromatic heterocycles. The molecule has 0 radical (unpaired) electrons. The number of hydrogen-bond donors (Lipinski definition) is 1. The summed E-state index contributed by atoms with van der Waals surface area (Å²) in [6.07, 6.45) is 5.64. The predicted molar refractivity (Wildman–Crippen MR) is 204 cm³/mol. The standard InChI is InChI=1S/C18H11FN4O2.C10H7FN4O2.C8H7BrO.C2H3N/c19-15-7-6-13(23(24)25)10-14(15)16-8-9-22-17(11-20-18(22)21-16)12-4-2-1-3-5-12;11-8-2-1-6(15(16)17)5-7(8)9-3-4-13-10(12)14-9;9-8(6-10)7-4-2-1-3-5-7;1-2-3/h1-11H;1-5H,(H2,12,13,14);1-6,8H;1H3. The zero-order chi connectivity index (χ0) is 39.9. The number of non-ortho nitro benzene ring substituents is 2. The summed E-state index contributed by atoms with van der Waals surface area (Å²) in [5, 5.41) is 28.8. The van der Waals surface area contributed by atoms with E-state index < -0.39 is 21.5 Å². The summed E-state index contributed by atoms with van der Waals surface area (Å²) in [6, 6.07) is 30.6. The Morgan fingerprint density at radius 1 is 0.818 bits per heavy atom. The lowest BCUT2D eigenvalue weighted by molar-refractivity contribution is -0.385. The minimum absolute atomic E-state index is 0.0200. The Bertz CT molecular complexity index is 2470. The van der Waals surface area contributed by atoms with Crippen LogP contribution in [0.5, 0.6) is 0 Å². The third kappa shape index (κ3) is 10.8. The van der Waals surface area contributed by atoms with Crippen molar-refractivity contribution in [2.75, 3.05) is 5.73 Å². The second-order valence-electron chi connectivity index (χ2n) is 10.8. The Hall–Kier alpha value is -7.32. The van der Waals surface area contributed by atoms with E-state index >= 15 is 0 Å². The molecule has 4 aromatic carbocycles. The maximum atomic E-state index is 14.1. The van der Waals surface area contributed by atoms with Gasteiger partial charge in [-0.1, -0.05) is 76.6 Å². The molecule has 55 heavy (non-hydrogen) atoms. The van der Waals surface area contributed by atoms with Crippen LogP contribution in [-0.4, -0.2) is 40.5 Å². The number of rotatable bonds is 7. The first-order valence-electron chi connectivity index (χ1n) is 15.8. The van der Waals surface area contributed by atoms with Gasteiger partial charge in [0.1, 0.15) is 17.9 Å². The van der Waals surface area contributed by atoms with E-state index in [1.165, 1.54) is 25.3 Å². The molecule has 0 aliphatic rings. The number of nitro groups is 2. The van der Waals surface area contributed by atoms with Gasteiger partial charge in [0.2, 0.25) is 11.7 Å². The van der Waals surface area contributed by atoms with Crippen LogP contribution in [0, 0.1) is 43.2 Å². The Morgan fingerprint density at radius 2 is 1.35 bits per heavy atom. The Kier molecular flexibility index (Phi) is 14.3. The van der Waals surface area contributed by atoms with Crippen molar-refractivity contribution in [1.29, 1.82) is 5.26 Å². The highest BCUT2D eigenvalue weighted by Crippen LogP contribution is 2.28. The molecule has 0 aliphatic carbocycles. The highest BCUT2D eigenvalue weighted by molar-refractivity contribution is 9.09. The van der Waals surface area contributed by atoms with E-state index in [-0.39, 0.29) is 39.0 Å². The van der Waals surface area contributed by atoms with Crippen molar-refractivity contribution in [1.82, 2.24) is 24.3 Å². The van der Waals surface area contributed by atoms with Gasteiger partial charge in [-0.15, -0.1) is 0 Å². The van der Waals surface area contributed by atoms with Gasteiger partial charge in [-0.3, -0.25) is 24.6 Å². The van der Waals surface area contributed by atoms with Crippen molar-refractivity contribution in [2.24, 2.45) is 0 Å². The molecular formula is C38H28BrF2N9O5. The van der Waals surface area contributed by atoms with Crippen LogP contribution in [0.1, 0.15) is 17.3 Å². The molecule has 0 fully saturated rings. The second-order valence-corrected chi connectivity index (χ2v) is 11.8. The molecule has 2 N–H and O–H groups in total. The van der Waals surface area contributed by atoms with Crippen LogP contribution in [0.2, 0.25) is 0 Å². The van der Waals surface area contributed by atoms with Gasteiger partial charge in [-0.25, -0.2) is 28.7 Å². The third-order valence-corrected chi connectivity index (χ3v) is 7.98. The van der Waals surface area contributed by atoms with Crippen molar-refractivity contribution >= 4 is 45.3 Å². The van der Waals surface area contributed by atoms with E-state index in [4.69, 9.17) is 11.0 Å². The molecule has 17 heteroatoms. The first-order valence-corrected chi connectivity index (χ1v) is 16.7. The number of halogens is 3. The number of nitro benzene ring substituents is 2. The Labute approximate surface area is 320 Å². The van der Waals surface area contributed by atoms with E-state index in [1.54, 1.807) is 28.9 Å². The van der Waals surface area contributed by atoms with Gasteiger partial charge in [0, 0.05) is 60.3 Å². The van der Waals surface area contributed by atoms with Crippen LogP contribution in [0.3, 0.4) is 0 Å². The average molecular weight is 809 g/mol. The number of anilines is 1. The van der Waals surface area contributed by atoms with E-state index in [0.29, 0.717) is 11.5 Å². The minimum Gasteiger partial charge on any atom is -0.368 e. The predicted octanol–water partition coefficient (Wildman–Crippen LogP) is 8.74. The van der Waals surface area contributed by atoms with Crippen LogP contribution < -0.4 is 5.73 Å². The third-order valence-electron chi connectivity index (χ3n) is 7.23. The molecule has 0 bridgehead atoms. The summed E-state index contributed by atoms with van der Waals surface area (Å²) in [4.78, 5) is 46.5. The maximum Gasteiger partial charge on any atom is 0.270 e. The van der Waals surface area contributed by atoms with Crippen LogP contribution in [0.25, 0.3) is 39.5 Å². The number of carbonyl (C=O) groups excluding carboxylic acids is 1. The number of hydrogen-bond acceptors (Lipinski definition) is 11. The Morgan fingerprint density at radius 3 is 1.85 bits per heavy atom.